The van der Waals surface area contributed by atoms with E-state index in [0.717, 1.165) is 5.75 Å². The van der Waals surface area contributed by atoms with Crippen molar-refractivity contribution in [3.63, 3.8) is 0 Å². The van der Waals surface area contributed by atoms with Crippen LogP contribution in [0.25, 0.3) is 0 Å². The zero-order valence-corrected chi connectivity index (χ0v) is 11.2. The molecule has 1 rings (SSSR count). The summed E-state index contributed by atoms with van der Waals surface area (Å²) in [5.74, 6) is 0.511. The highest BCUT2D eigenvalue weighted by molar-refractivity contribution is 7.98. The summed E-state index contributed by atoms with van der Waals surface area (Å²) in [6.07, 6.45) is 0. The van der Waals surface area contributed by atoms with Gasteiger partial charge in [-0.1, -0.05) is 29.8 Å². The number of methoxy groups -OCH3 is 1. The average Bonchev–Trinajstić information content (AvgIpc) is 2.27. The lowest BCUT2D eigenvalue weighted by Gasteiger charge is -2.19. The van der Waals surface area contributed by atoms with Crippen molar-refractivity contribution in [2.75, 3.05) is 12.9 Å². The highest BCUT2D eigenvalue weighted by atomic mass is 32.2. The molecule has 0 radical (unpaired) electrons. The molecule has 1 aromatic carbocycles. The summed E-state index contributed by atoms with van der Waals surface area (Å²) in [7, 11) is 1.28. The van der Waals surface area contributed by atoms with Crippen molar-refractivity contribution >= 4 is 17.7 Å². The van der Waals surface area contributed by atoms with E-state index in [9.17, 15) is 9.90 Å². The third kappa shape index (κ3) is 4.40. The lowest BCUT2D eigenvalue weighted by molar-refractivity contribution is -0.158. The molecule has 0 spiro atoms. The first-order chi connectivity index (χ1) is 7.95. The van der Waals surface area contributed by atoms with Crippen LogP contribution in [0.4, 0.5) is 0 Å². The van der Waals surface area contributed by atoms with Gasteiger partial charge in [0.1, 0.15) is 0 Å². The summed E-state index contributed by atoms with van der Waals surface area (Å²) < 4.78 is 4.53. The van der Waals surface area contributed by atoms with E-state index in [1.807, 2.05) is 25.1 Å². The topological polar surface area (TPSA) is 46.5 Å². The van der Waals surface area contributed by atoms with Crippen LogP contribution in [-0.4, -0.2) is 29.5 Å². The van der Waals surface area contributed by atoms with Crippen LogP contribution >= 0.6 is 11.8 Å². The van der Waals surface area contributed by atoms with Gasteiger partial charge in [-0.15, -0.1) is 0 Å². The number of carbonyl (C=O) groups is 1. The molecule has 0 saturated heterocycles. The normalized spacial score (nSPS) is 14.1. The maximum absolute atomic E-state index is 11.2. The van der Waals surface area contributed by atoms with Crippen LogP contribution in [0, 0.1) is 6.92 Å². The molecule has 94 valence electrons. The van der Waals surface area contributed by atoms with E-state index in [2.05, 4.69) is 10.8 Å². The van der Waals surface area contributed by atoms with Gasteiger partial charge in [-0.3, -0.25) is 0 Å². The van der Waals surface area contributed by atoms with Crippen LogP contribution in [0.5, 0.6) is 0 Å². The first-order valence-corrected chi connectivity index (χ1v) is 6.55. The van der Waals surface area contributed by atoms with Gasteiger partial charge in [-0.2, -0.15) is 11.8 Å². The Bertz CT molecular complexity index is 388. The van der Waals surface area contributed by atoms with E-state index in [-0.39, 0.29) is 0 Å². The second-order valence-corrected chi connectivity index (χ2v) is 5.23. The largest absolute Gasteiger partial charge is 0.467 e. The van der Waals surface area contributed by atoms with Gasteiger partial charge in [0.25, 0.3) is 0 Å². The van der Waals surface area contributed by atoms with Gasteiger partial charge >= 0.3 is 5.97 Å². The van der Waals surface area contributed by atoms with Crippen molar-refractivity contribution in [3.8, 4) is 0 Å². The molecule has 1 N–H and O–H groups in total. The molecule has 0 amide bonds. The molecule has 0 aromatic heterocycles. The second-order valence-electron chi connectivity index (χ2n) is 4.25. The zero-order valence-electron chi connectivity index (χ0n) is 10.4. The SMILES string of the molecule is COC(=O)C(C)(O)CSCc1cccc(C)c1. The first kappa shape index (κ1) is 14.1. The standard InChI is InChI=1S/C13H18O3S/c1-10-5-4-6-11(7-10)8-17-9-13(2,15)12(14)16-3/h4-7,15H,8-9H2,1-3H3. The predicted molar refractivity (Wildman–Crippen MR) is 70.0 cm³/mol. The summed E-state index contributed by atoms with van der Waals surface area (Å²) in [4.78, 5) is 11.2. The molecule has 0 bridgehead atoms. The van der Waals surface area contributed by atoms with Crippen LogP contribution in [0.3, 0.4) is 0 Å². The van der Waals surface area contributed by atoms with Crippen LogP contribution in [-0.2, 0) is 15.3 Å². The Balaban J connectivity index is 2.45. The lowest BCUT2D eigenvalue weighted by Crippen LogP contribution is -2.38. The molecule has 0 heterocycles. The Labute approximate surface area is 106 Å². The molecule has 1 atom stereocenters. The molecule has 1 aromatic rings. The van der Waals surface area contributed by atoms with Crippen molar-refractivity contribution in [3.05, 3.63) is 35.4 Å². The molecule has 0 fully saturated rings. The zero-order chi connectivity index (χ0) is 12.9. The molecule has 0 aliphatic rings. The third-order valence-electron chi connectivity index (χ3n) is 2.36. The minimum atomic E-state index is -1.41. The number of carbonyl (C=O) groups excluding carboxylic acids is 1. The lowest BCUT2D eigenvalue weighted by atomic mass is 10.1. The van der Waals surface area contributed by atoms with Gasteiger partial charge in [0.2, 0.25) is 0 Å². The fourth-order valence-electron chi connectivity index (χ4n) is 1.45. The minimum absolute atomic E-state index is 0.327. The minimum Gasteiger partial charge on any atom is -0.467 e. The van der Waals surface area contributed by atoms with E-state index in [1.54, 1.807) is 0 Å². The van der Waals surface area contributed by atoms with Crippen molar-refractivity contribution < 1.29 is 14.6 Å². The van der Waals surface area contributed by atoms with Gasteiger partial charge in [0.05, 0.1) is 7.11 Å². The van der Waals surface area contributed by atoms with Crippen molar-refractivity contribution in [1.82, 2.24) is 0 Å². The quantitative estimate of drug-likeness (QED) is 0.818. The van der Waals surface area contributed by atoms with E-state index in [0.29, 0.717) is 5.75 Å². The fraction of sp³-hybridized carbons (Fsp3) is 0.462. The summed E-state index contributed by atoms with van der Waals surface area (Å²) in [6.45, 7) is 3.51. The maximum atomic E-state index is 11.2. The summed E-state index contributed by atoms with van der Waals surface area (Å²) in [5, 5.41) is 9.82. The third-order valence-corrected chi connectivity index (χ3v) is 3.66. The van der Waals surface area contributed by atoms with E-state index >= 15 is 0 Å². The average molecular weight is 254 g/mol. The monoisotopic (exact) mass is 254 g/mol. The number of aryl methyl sites for hydroxylation is 1. The number of hydrogen-bond donors (Lipinski definition) is 1. The Hall–Kier alpha value is -1.00. The number of hydrogen-bond acceptors (Lipinski definition) is 4. The van der Waals surface area contributed by atoms with Crippen LogP contribution < -0.4 is 0 Å². The summed E-state index contributed by atoms with van der Waals surface area (Å²) in [5.41, 5.74) is 0.988. The molecule has 0 aliphatic heterocycles. The van der Waals surface area contributed by atoms with E-state index < -0.39 is 11.6 Å². The van der Waals surface area contributed by atoms with E-state index in [4.69, 9.17) is 0 Å². The Morgan fingerprint density at radius 1 is 1.53 bits per heavy atom. The number of esters is 1. The highest BCUT2D eigenvalue weighted by Gasteiger charge is 2.30. The Morgan fingerprint density at radius 3 is 2.82 bits per heavy atom. The predicted octanol–water partition coefficient (Wildman–Crippen LogP) is 2.15. The maximum Gasteiger partial charge on any atom is 0.338 e. The van der Waals surface area contributed by atoms with Crippen molar-refractivity contribution in [2.24, 2.45) is 0 Å². The highest BCUT2D eigenvalue weighted by Crippen LogP contribution is 2.19. The summed E-state index contributed by atoms with van der Waals surface area (Å²) in [6, 6.07) is 8.18. The molecule has 1 unspecified atom stereocenters. The van der Waals surface area contributed by atoms with E-state index in [1.165, 1.54) is 36.9 Å². The molecule has 0 saturated carbocycles. The van der Waals surface area contributed by atoms with Crippen LogP contribution in [0.2, 0.25) is 0 Å². The Kier molecular flexibility index (Phi) is 5.02. The van der Waals surface area contributed by atoms with Gasteiger partial charge in [0.15, 0.2) is 5.60 Å². The van der Waals surface area contributed by atoms with Crippen LogP contribution in [0.15, 0.2) is 24.3 Å². The first-order valence-electron chi connectivity index (χ1n) is 5.40. The number of rotatable bonds is 5. The van der Waals surface area contributed by atoms with Crippen LogP contribution in [0.1, 0.15) is 18.1 Å². The number of aliphatic hydroxyl groups is 1. The molecule has 17 heavy (non-hydrogen) atoms. The summed E-state index contributed by atoms with van der Waals surface area (Å²) >= 11 is 1.51. The van der Waals surface area contributed by atoms with Crippen molar-refractivity contribution in [1.29, 1.82) is 0 Å². The fourth-order valence-corrected chi connectivity index (χ4v) is 2.48. The van der Waals surface area contributed by atoms with Gasteiger partial charge in [-0.25, -0.2) is 4.79 Å². The molecule has 3 nitrogen and oxygen atoms in total. The number of benzene rings is 1. The van der Waals surface area contributed by atoms with Gasteiger partial charge in [-0.05, 0) is 19.4 Å². The smallest absolute Gasteiger partial charge is 0.338 e. The molecular weight excluding hydrogens is 236 g/mol. The Morgan fingerprint density at radius 2 is 2.24 bits per heavy atom. The molecular formula is C13H18O3S. The van der Waals surface area contributed by atoms with Gasteiger partial charge < -0.3 is 9.84 Å². The molecule has 0 aliphatic carbocycles. The van der Waals surface area contributed by atoms with Gasteiger partial charge in [0, 0.05) is 11.5 Å². The molecule has 4 heteroatoms. The number of thioether (sulfide) groups is 1. The number of ether oxygens (including phenoxy) is 1. The van der Waals surface area contributed by atoms with Crippen molar-refractivity contribution in [2.45, 2.75) is 25.2 Å². The second kappa shape index (κ2) is 6.07.